The molecule has 0 aliphatic rings. The van der Waals surface area contributed by atoms with Crippen molar-refractivity contribution in [3.63, 3.8) is 0 Å². The van der Waals surface area contributed by atoms with Crippen LogP contribution in [0.5, 0.6) is 5.75 Å². The molecule has 0 aliphatic carbocycles. The Bertz CT molecular complexity index is 385. The van der Waals surface area contributed by atoms with Gasteiger partial charge in [0.25, 0.3) is 0 Å². The highest BCUT2D eigenvalue weighted by Crippen LogP contribution is 2.32. The molecule has 0 bridgehead atoms. The number of rotatable bonds is 3. The smallest absolute Gasteiger partial charge is 0.228 e. The Balaban J connectivity index is 3.31. The Morgan fingerprint density at radius 1 is 1.53 bits per heavy atom. The molecular weight excluding hydrogens is 256 g/mol. The van der Waals surface area contributed by atoms with E-state index in [1.807, 2.05) is 6.92 Å². The fourth-order valence-corrected chi connectivity index (χ4v) is 1.74. The van der Waals surface area contributed by atoms with Crippen molar-refractivity contribution in [3.05, 3.63) is 28.8 Å². The van der Waals surface area contributed by atoms with Crippen LogP contribution in [0.2, 0.25) is 0 Å². The number of aryl methyl sites for hydroxylation is 1. The molecule has 0 fully saturated rings. The molecule has 0 heterocycles. The number of carbonyl (C=O) groups is 1. The topological polar surface area (TPSA) is 37.3 Å². The van der Waals surface area contributed by atoms with Crippen molar-refractivity contribution in [2.75, 3.05) is 0 Å². The van der Waals surface area contributed by atoms with Gasteiger partial charge < -0.3 is 5.11 Å². The lowest BCUT2D eigenvalue weighted by Gasteiger charge is -2.14. The maximum absolute atomic E-state index is 11.2. The number of carbonyl (C=O) groups excluding carboxylic acids is 1. The van der Waals surface area contributed by atoms with Gasteiger partial charge >= 0.3 is 0 Å². The maximum Gasteiger partial charge on any atom is 0.228 e. The number of hydrogen-bond acceptors (Lipinski definition) is 2. The highest BCUT2D eigenvalue weighted by Gasteiger charge is 2.14. The van der Waals surface area contributed by atoms with Crippen LogP contribution in [0.15, 0.2) is 12.1 Å². The first-order valence-corrected chi connectivity index (χ1v) is 5.80. The van der Waals surface area contributed by atoms with Gasteiger partial charge in [-0.3, -0.25) is 4.79 Å². The van der Waals surface area contributed by atoms with Gasteiger partial charge in [0.05, 0.1) is 0 Å². The van der Waals surface area contributed by atoms with Crippen molar-refractivity contribution in [2.24, 2.45) is 0 Å². The molecule has 0 saturated heterocycles. The standard InChI is InChI=1S/C12H15BrO2/c1-4-7(2)10-6-9(12(13)15)5-8(3)11(10)14/h5-7,14H,4H2,1-3H3. The van der Waals surface area contributed by atoms with Crippen LogP contribution in [0.1, 0.15) is 47.7 Å². The van der Waals surface area contributed by atoms with Gasteiger partial charge in [-0.25, -0.2) is 0 Å². The number of hydrogen-bond donors (Lipinski definition) is 1. The molecule has 0 saturated carbocycles. The van der Waals surface area contributed by atoms with Crippen LogP contribution in [0.25, 0.3) is 0 Å². The van der Waals surface area contributed by atoms with Crippen LogP contribution in [0.3, 0.4) is 0 Å². The summed E-state index contributed by atoms with van der Waals surface area (Å²) in [5.41, 5.74) is 2.19. The van der Waals surface area contributed by atoms with Gasteiger partial charge in [-0.05, 0) is 58.5 Å². The molecule has 0 aromatic heterocycles. The molecule has 0 spiro atoms. The summed E-state index contributed by atoms with van der Waals surface area (Å²) in [5, 5.41) is 9.88. The molecule has 82 valence electrons. The number of phenolic OH excluding ortho intramolecular Hbond substituents is 1. The van der Waals surface area contributed by atoms with Crippen LogP contribution in [-0.2, 0) is 0 Å². The fourth-order valence-electron chi connectivity index (χ4n) is 1.52. The van der Waals surface area contributed by atoms with E-state index in [1.165, 1.54) is 0 Å². The SMILES string of the molecule is CCC(C)c1cc(C(=O)Br)cc(C)c1O. The summed E-state index contributed by atoms with van der Waals surface area (Å²) in [6.45, 7) is 5.90. The van der Waals surface area contributed by atoms with Crippen molar-refractivity contribution in [2.45, 2.75) is 33.1 Å². The minimum Gasteiger partial charge on any atom is -0.507 e. The van der Waals surface area contributed by atoms with Crippen LogP contribution in [0.4, 0.5) is 0 Å². The zero-order chi connectivity index (χ0) is 11.6. The van der Waals surface area contributed by atoms with Gasteiger partial charge in [-0.1, -0.05) is 13.8 Å². The van der Waals surface area contributed by atoms with E-state index >= 15 is 0 Å². The molecule has 0 aliphatic heterocycles. The van der Waals surface area contributed by atoms with E-state index in [-0.39, 0.29) is 10.6 Å². The Morgan fingerprint density at radius 2 is 2.13 bits per heavy atom. The Kier molecular flexibility index (Phi) is 3.91. The summed E-state index contributed by atoms with van der Waals surface area (Å²) in [4.78, 5) is 11.2. The van der Waals surface area contributed by atoms with Gasteiger partial charge in [0.2, 0.25) is 4.69 Å². The average Bonchev–Trinajstić information content (AvgIpc) is 2.20. The second-order valence-corrected chi connectivity index (χ2v) is 4.53. The predicted molar refractivity (Wildman–Crippen MR) is 64.8 cm³/mol. The fraction of sp³-hybridized carbons (Fsp3) is 0.417. The third kappa shape index (κ3) is 2.59. The minimum absolute atomic E-state index is 0.143. The lowest BCUT2D eigenvalue weighted by Crippen LogP contribution is -1.98. The molecular formula is C12H15BrO2. The third-order valence-corrected chi connectivity index (χ3v) is 3.16. The number of aromatic hydroxyl groups is 1. The van der Waals surface area contributed by atoms with E-state index in [0.29, 0.717) is 11.3 Å². The number of halogens is 1. The van der Waals surface area contributed by atoms with Gasteiger partial charge in [0.15, 0.2) is 0 Å². The zero-order valence-corrected chi connectivity index (χ0v) is 10.8. The minimum atomic E-state index is -0.143. The molecule has 0 radical (unpaired) electrons. The average molecular weight is 271 g/mol. The summed E-state index contributed by atoms with van der Waals surface area (Å²) < 4.78 is -0.143. The second-order valence-electron chi connectivity index (χ2n) is 3.81. The lowest BCUT2D eigenvalue weighted by atomic mass is 9.94. The maximum atomic E-state index is 11.2. The van der Waals surface area contributed by atoms with Crippen LogP contribution in [-0.4, -0.2) is 9.80 Å². The number of phenols is 1. The van der Waals surface area contributed by atoms with Gasteiger partial charge in [-0.15, -0.1) is 0 Å². The first-order valence-electron chi connectivity index (χ1n) is 5.00. The van der Waals surface area contributed by atoms with Gasteiger partial charge in [0, 0.05) is 5.56 Å². The van der Waals surface area contributed by atoms with Gasteiger partial charge in [0.1, 0.15) is 5.75 Å². The van der Waals surface area contributed by atoms with E-state index in [0.717, 1.165) is 17.5 Å². The first-order chi connectivity index (χ1) is 6.97. The van der Waals surface area contributed by atoms with Crippen molar-refractivity contribution in [1.82, 2.24) is 0 Å². The van der Waals surface area contributed by atoms with E-state index in [9.17, 15) is 9.90 Å². The summed E-state index contributed by atoms with van der Waals surface area (Å²) >= 11 is 2.93. The molecule has 0 amide bonds. The third-order valence-electron chi connectivity index (χ3n) is 2.70. The van der Waals surface area contributed by atoms with E-state index < -0.39 is 0 Å². The molecule has 1 unspecified atom stereocenters. The van der Waals surface area contributed by atoms with Crippen molar-refractivity contribution < 1.29 is 9.90 Å². The van der Waals surface area contributed by atoms with Crippen LogP contribution in [0, 0.1) is 6.92 Å². The first kappa shape index (κ1) is 12.2. The Labute approximate surface area is 98.4 Å². The van der Waals surface area contributed by atoms with E-state index in [4.69, 9.17) is 0 Å². The van der Waals surface area contributed by atoms with E-state index in [1.54, 1.807) is 19.1 Å². The highest BCUT2D eigenvalue weighted by molar-refractivity contribution is 9.18. The second kappa shape index (κ2) is 4.79. The van der Waals surface area contributed by atoms with Crippen LogP contribution < -0.4 is 0 Å². The van der Waals surface area contributed by atoms with Gasteiger partial charge in [-0.2, -0.15) is 0 Å². The Hall–Kier alpha value is -0.830. The summed E-state index contributed by atoms with van der Waals surface area (Å²) in [7, 11) is 0. The quantitative estimate of drug-likeness (QED) is 0.850. The molecule has 3 heteroatoms. The monoisotopic (exact) mass is 270 g/mol. The van der Waals surface area contributed by atoms with E-state index in [2.05, 4.69) is 22.9 Å². The molecule has 1 atom stereocenters. The lowest BCUT2D eigenvalue weighted by molar-refractivity contribution is 0.109. The summed E-state index contributed by atoms with van der Waals surface area (Å²) in [6, 6.07) is 3.45. The summed E-state index contributed by atoms with van der Waals surface area (Å²) in [6.07, 6.45) is 0.937. The largest absolute Gasteiger partial charge is 0.507 e. The molecule has 2 nitrogen and oxygen atoms in total. The van der Waals surface area contributed by atoms with Crippen molar-refractivity contribution in [3.8, 4) is 5.75 Å². The Morgan fingerprint density at radius 3 is 2.60 bits per heavy atom. The number of benzene rings is 1. The molecule has 1 aromatic carbocycles. The normalized spacial score (nSPS) is 12.5. The van der Waals surface area contributed by atoms with Crippen molar-refractivity contribution in [1.29, 1.82) is 0 Å². The molecule has 1 rings (SSSR count). The zero-order valence-electron chi connectivity index (χ0n) is 9.17. The van der Waals surface area contributed by atoms with Crippen LogP contribution >= 0.6 is 15.9 Å². The summed E-state index contributed by atoms with van der Waals surface area (Å²) in [5.74, 6) is 0.567. The predicted octanol–water partition coefficient (Wildman–Crippen LogP) is 3.75. The van der Waals surface area contributed by atoms with Crippen molar-refractivity contribution >= 4 is 20.6 Å². The molecule has 1 N–H and O–H groups in total. The molecule has 1 aromatic rings. The molecule has 15 heavy (non-hydrogen) atoms. The highest BCUT2D eigenvalue weighted by atomic mass is 79.9.